The average Bonchev–Trinajstić information content (AvgIpc) is 2.25. The van der Waals surface area contributed by atoms with Crippen LogP contribution in [-0.4, -0.2) is 24.0 Å². The molecular formula is C14H29N. The van der Waals surface area contributed by atoms with E-state index < -0.39 is 0 Å². The van der Waals surface area contributed by atoms with Crippen molar-refractivity contribution < 1.29 is 0 Å². The molecule has 0 spiro atoms. The zero-order chi connectivity index (χ0) is 11.1. The van der Waals surface area contributed by atoms with E-state index in [1.54, 1.807) is 0 Å². The Balaban J connectivity index is 2.37. The lowest BCUT2D eigenvalue weighted by atomic mass is 9.93. The largest absolute Gasteiger partial charge is 0.300 e. The van der Waals surface area contributed by atoms with Crippen LogP contribution in [0.1, 0.15) is 65.7 Å². The van der Waals surface area contributed by atoms with Gasteiger partial charge in [0, 0.05) is 12.6 Å². The van der Waals surface area contributed by atoms with Gasteiger partial charge < -0.3 is 4.90 Å². The Hall–Kier alpha value is -0.0400. The molecule has 0 heterocycles. The highest BCUT2D eigenvalue weighted by Crippen LogP contribution is 2.23. The Labute approximate surface area is 96.2 Å². The maximum Gasteiger partial charge on any atom is 0.00953 e. The second-order valence-electron chi connectivity index (χ2n) is 5.53. The van der Waals surface area contributed by atoms with Gasteiger partial charge >= 0.3 is 0 Å². The minimum atomic E-state index is 0.823. The van der Waals surface area contributed by atoms with Crippen molar-refractivity contribution in [3.05, 3.63) is 0 Å². The Morgan fingerprint density at radius 3 is 2.33 bits per heavy atom. The molecule has 0 atom stereocenters. The van der Waals surface area contributed by atoms with Crippen LogP contribution in [0.25, 0.3) is 0 Å². The van der Waals surface area contributed by atoms with Crippen LogP contribution < -0.4 is 0 Å². The quantitative estimate of drug-likeness (QED) is 0.640. The first kappa shape index (κ1) is 13.0. The number of rotatable bonds is 6. The summed E-state index contributed by atoms with van der Waals surface area (Å²) < 4.78 is 0. The Bertz CT molecular complexity index is 147. The third-order valence-electron chi connectivity index (χ3n) is 3.49. The van der Waals surface area contributed by atoms with Gasteiger partial charge in [-0.05, 0) is 31.7 Å². The fraction of sp³-hybridized carbons (Fsp3) is 1.00. The lowest BCUT2D eigenvalue weighted by molar-refractivity contribution is 0.138. The molecule has 0 saturated heterocycles. The molecule has 0 unspecified atom stereocenters. The number of unbranched alkanes of at least 4 members (excludes halogenated alkanes) is 1. The fourth-order valence-electron chi connectivity index (χ4n) is 2.70. The van der Waals surface area contributed by atoms with E-state index in [0.29, 0.717) is 0 Å². The van der Waals surface area contributed by atoms with Gasteiger partial charge in [0.15, 0.2) is 0 Å². The summed E-state index contributed by atoms with van der Waals surface area (Å²) in [5, 5.41) is 0. The molecule has 0 aromatic rings. The lowest BCUT2D eigenvalue weighted by Crippen LogP contribution is -2.39. The fourth-order valence-corrected chi connectivity index (χ4v) is 2.70. The Morgan fingerprint density at radius 2 is 1.80 bits per heavy atom. The average molecular weight is 211 g/mol. The lowest BCUT2D eigenvalue weighted by Gasteiger charge is -2.35. The molecule has 1 aliphatic rings. The van der Waals surface area contributed by atoms with E-state index in [-0.39, 0.29) is 0 Å². The second kappa shape index (κ2) is 7.27. The zero-order valence-electron chi connectivity index (χ0n) is 11.0. The third kappa shape index (κ3) is 5.01. The van der Waals surface area contributed by atoms with Crippen molar-refractivity contribution in [2.45, 2.75) is 71.8 Å². The Morgan fingerprint density at radius 1 is 1.13 bits per heavy atom. The molecule has 1 aliphatic carbocycles. The normalized spacial score (nSPS) is 19.0. The van der Waals surface area contributed by atoms with Crippen LogP contribution in [0.3, 0.4) is 0 Å². The highest BCUT2D eigenvalue weighted by molar-refractivity contribution is 4.76. The van der Waals surface area contributed by atoms with Crippen LogP contribution in [0.2, 0.25) is 0 Å². The van der Waals surface area contributed by atoms with Crippen molar-refractivity contribution in [3.8, 4) is 0 Å². The molecule has 1 saturated carbocycles. The summed E-state index contributed by atoms with van der Waals surface area (Å²) in [6, 6.07) is 0.910. The summed E-state index contributed by atoms with van der Waals surface area (Å²) in [7, 11) is 0. The van der Waals surface area contributed by atoms with Crippen LogP contribution in [0.15, 0.2) is 0 Å². The topological polar surface area (TPSA) is 3.24 Å². The molecule has 1 nitrogen and oxygen atoms in total. The molecule has 0 aromatic heterocycles. The van der Waals surface area contributed by atoms with Crippen molar-refractivity contribution in [2.24, 2.45) is 5.92 Å². The van der Waals surface area contributed by atoms with Crippen LogP contribution in [-0.2, 0) is 0 Å². The molecule has 0 aromatic carbocycles. The number of nitrogens with zero attached hydrogens (tertiary/aromatic N) is 1. The predicted molar refractivity (Wildman–Crippen MR) is 68.2 cm³/mol. The highest BCUT2D eigenvalue weighted by Gasteiger charge is 2.20. The summed E-state index contributed by atoms with van der Waals surface area (Å²) >= 11 is 0. The van der Waals surface area contributed by atoms with E-state index in [9.17, 15) is 0 Å². The van der Waals surface area contributed by atoms with Crippen molar-refractivity contribution in [3.63, 3.8) is 0 Å². The van der Waals surface area contributed by atoms with E-state index in [1.165, 1.54) is 58.0 Å². The minimum Gasteiger partial charge on any atom is -0.300 e. The van der Waals surface area contributed by atoms with Crippen LogP contribution >= 0.6 is 0 Å². The smallest absolute Gasteiger partial charge is 0.00953 e. The standard InChI is InChI=1S/C14H29N/c1-4-5-11-15(12-13(2)3)14-9-7-6-8-10-14/h13-14H,4-12H2,1-3H3. The van der Waals surface area contributed by atoms with Crippen LogP contribution in [0.5, 0.6) is 0 Å². The molecule has 15 heavy (non-hydrogen) atoms. The first-order valence-corrected chi connectivity index (χ1v) is 6.98. The second-order valence-corrected chi connectivity index (χ2v) is 5.53. The molecule has 1 fully saturated rings. The molecule has 0 aliphatic heterocycles. The monoisotopic (exact) mass is 211 g/mol. The van der Waals surface area contributed by atoms with Crippen molar-refractivity contribution >= 4 is 0 Å². The van der Waals surface area contributed by atoms with E-state index in [2.05, 4.69) is 25.7 Å². The van der Waals surface area contributed by atoms with Crippen molar-refractivity contribution in [1.29, 1.82) is 0 Å². The van der Waals surface area contributed by atoms with Gasteiger partial charge in [-0.2, -0.15) is 0 Å². The van der Waals surface area contributed by atoms with Crippen molar-refractivity contribution in [1.82, 2.24) is 4.90 Å². The van der Waals surface area contributed by atoms with Crippen LogP contribution in [0, 0.1) is 5.92 Å². The van der Waals surface area contributed by atoms with E-state index in [1.807, 2.05) is 0 Å². The molecule has 0 amide bonds. The third-order valence-corrected chi connectivity index (χ3v) is 3.49. The first-order valence-electron chi connectivity index (χ1n) is 6.98. The molecule has 0 bridgehead atoms. The predicted octanol–water partition coefficient (Wildman–Crippen LogP) is 4.08. The van der Waals surface area contributed by atoms with Crippen LogP contribution in [0.4, 0.5) is 0 Å². The van der Waals surface area contributed by atoms with Gasteiger partial charge in [-0.15, -0.1) is 0 Å². The summed E-state index contributed by atoms with van der Waals surface area (Å²) in [6.07, 6.45) is 10.0. The first-order chi connectivity index (χ1) is 7.24. The van der Waals surface area contributed by atoms with Gasteiger partial charge in [0.2, 0.25) is 0 Å². The van der Waals surface area contributed by atoms with Gasteiger partial charge in [0.05, 0.1) is 0 Å². The summed E-state index contributed by atoms with van der Waals surface area (Å²) in [6.45, 7) is 9.64. The highest BCUT2D eigenvalue weighted by atomic mass is 15.2. The number of hydrogen-bond donors (Lipinski definition) is 0. The van der Waals surface area contributed by atoms with Gasteiger partial charge in [-0.1, -0.05) is 46.5 Å². The summed E-state index contributed by atoms with van der Waals surface area (Å²) in [5.41, 5.74) is 0. The SMILES string of the molecule is CCCCN(CC(C)C)C1CCCCC1. The zero-order valence-corrected chi connectivity index (χ0v) is 11.0. The maximum atomic E-state index is 2.77. The van der Waals surface area contributed by atoms with Crippen molar-refractivity contribution in [2.75, 3.05) is 13.1 Å². The molecule has 90 valence electrons. The Kier molecular flexibility index (Phi) is 6.31. The van der Waals surface area contributed by atoms with Gasteiger partial charge in [-0.25, -0.2) is 0 Å². The molecular weight excluding hydrogens is 182 g/mol. The molecule has 1 rings (SSSR count). The minimum absolute atomic E-state index is 0.823. The van der Waals surface area contributed by atoms with E-state index in [4.69, 9.17) is 0 Å². The van der Waals surface area contributed by atoms with Gasteiger partial charge in [-0.3, -0.25) is 0 Å². The van der Waals surface area contributed by atoms with E-state index >= 15 is 0 Å². The maximum absolute atomic E-state index is 2.77. The molecule has 0 N–H and O–H groups in total. The van der Waals surface area contributed by atoms with E-state index in [0.717, 1.165) is 12.0 Å². The summed E-state index contributed by atoms with van der Waals surface area (Å²) in [4.78, 5) is 2.77. The van der Waals surface area contributed by atoms with Gasteiger partial charge in [0.25, 0.3) is 0 Å². The molecule has 1 heteroatoms. The molecule has 0 radical (unpaired) electrons. The van der Waals surface area contributed by atoms with Gasteiger partial charge in [0.1, 0.15) is 0 Å². The summed E-state index contributed by atoms with van der Waals surface area (Å²) in [5.74, 6) is 0.823. The number of hydrogen-bond acceptors (Lipinski definition) is 1.